The van der Waals surface area contributed by atoms with Gasteiger partial charge in [-0.15, -0.1) is 11.3 Å². The first kappa shape index (κ1) is 9.40. The zero-order chi connectivity index (χ0) is 10.2. The molecule has 2 aromatic heterocycles. The lowest BCUT2D eigenvalue weighted by molar-refractivity contribution is 0.573. The van der Waals surface area contributed by atoms with Gasteiger partial charge in [-0.1, -0.05) is 20.8 Å². The molecule has 0 aliphatic heterocycles. The molecule has 0 aliphatic carbocycles. The second-order valence-corrected chi connectivity index (χ2v) is 5.08. The molecule has 0 saturated carbocycles. The van der Waals surface area contributed by atoms with Gasteiger partial charge in [-0.3, -0.25) is 0 Å². The Hall–Kier alpha value is -1.16. The fourth-order valence-electron chi connectivity index (χ4n) is 1.11. The molecule has 14 heavy (non-hydrogen) atoms. The number of rotatable bonds is 1. The Balaban J connectivity index is 2.36. The van der Waals surface area contributed by atoms with E-state index in [2.05, 4.69) is 41.1 Å². The minimum atomic E-state index is 0.112. The monoisotopic (exact) mass is 207 g/mol. The van der Waals surface area contributed by atoms with Gasteiger partial charge < -0.3 is 4.98 Å². The van der Waals surface area contributed by atoms with Crippen LogP contribution >= 0.6 is 11.3 Å². The minimum absolute atomic E-state index is 0.112. The van der Waals surface area contributed by atoms with Crippen LogP contribution in [0.15, 0.2) is 17.8 Å². The summed E-state index contributed by atoms with van der Waals surface area (Å²) >= 11 is 1.63. The molecular weight excluding hydrogens is 194 g/mol. The second kappa shape index (κ2) is 3.20. The van der Waals surface area contributed by atoms with Gasteiger partial charge >= 0.3 is 0 Å². The quantitative estimate of drug-likeness (QED) is 0.781. The van der Waals surface area contributed by atoms with Crippen molar-refractivity contribution in [2.45, 2.75) is 26.2 Å². The van der Waals surface area contributed by atoms with Gasteiger partial charge in [-0.05, 0) is 0 Å². The van der Waals surface area contributed by atoms with Crippen LogP contribution in [-0.4, -0.2) is 15.0 Å². The molecule has 2 rings (SSSR count). The zero-order valence-corrected chi connectivity index (χ0v) is 9.35. The van der Waals surface area contributed by atoms with Crippen molar-refractivity contribution in [3.8, 4) is 10.8 Å². The molecule has 0 amide bonds. The molecule has 3 nitrogen and oxygen atoms in total. The Labute approximate surface area is 87.2 Å². The normalized spacial score (nSPS) is 11.9. The highest BCUT2D eigenvalue weighted by Crippen LogP contribution is 2.27. The third-order valence-electron chi connectivity index (χ3n) is 1.97. The first-order valence-corrected chi connectivity index (χ1v) is 5.41. The molecular formula is C10H13N3S. The number of nitrogens with zero attached hydrogens (tertiary/aromatic N) is 2. The van der Waals surface area contributed by atoms with Gasteiger partial charge in [0.1, 0.15) is 0 Å². The van der Waals surface area contributed by atoms with Gasteiger partial charge in [-0.2, -0.15) is 0 Å². The van der Waals surface area contributed by atoms with E-state index in [1.165, 1.54) is 0 Å². The van der Waals surface area contributed by atoms with E-state index in [0.717, 1.165) is 16.5 Å². The molecule has 0 radical (unpaired) electrons. The maximum absolute atomic E-state index is 4.55. The van der Waals surface area contributed by atoms with E-state index in [9.17, 15) is 0 Å². The fraction of sp³-hybridized carbons (Fsp3) is 0.400. The lowest BCUT2D eigenvalue weighted by atomic mass is 9.93. The number of nitrogens with one attached hydrogen (secondary N) is 1. The van der Waals surface area contributed by atoms with Crippen LogP contribution < -0.4 is 0 Å². The van der Waals surface area contributed by atoms with E-state index < -0.39 is 0 Å². The smallest absolute Gasteiger partial charge is 0.166 e. The van der Waals surface area contributed by atoms with Gasteiger partial charge in [0.25, 0.3) is 0 Å². The van der Waals surface area contributed by atoms with Crippen LogP contribution in [0.2, 0.25) is 0 Å². The Bertz CT molecular complexity index is 409. The van der Waals surface area contributed by atoms with Gasteiger partial charge in [-0.25, -0.2) is 9.97 Å². The highest BCUT2D eigenvalue weighted by molar-refractivity contribution is 7.13. The Morgan fingerprint density at radius 3 is 2.64 bits per heavy atom. The summed E-state index contributed by atoms with van der Waals surface area (Å²) in [5.41, 5.74) is 1.23. The minimum Gasteiger partial charge on any atom is -0.343 e. The molecule has 1 N–H and O–H groups in total. The molecule has 0 unspecified atom stereocenters. The van der Waals surface area contributed by atoms with Crippen LogP contribution in [-0.2, 0) is 5.41 Å². The van der Waals surface area contributed by atoms with Gasteiger partial charge in [0.2, 0.25) is 0 Å². The highest BCUT2D eigenvalue weighted by Gasteiger charge is 2.18. The van der Waals surface area contributed by atoms with Crippen LogP contribution in [0.4, 0.5) is 0 Å². The van der Waals surface area contributed by atoms with Crippen LogP contribution in [0.3, 0.4) is 0 Å². The summed E-state index contributed by atoms with van der Waals surface area (Å²) in [5, 5.41) is 3.05. The fourth-order valence-corrected chi connectivity index (χ4v) is 2.11. The van der Waals surface area contributed by atoms with E-state index in [0.29, 0.717) is 0 Å². The lowest BCUT2D eigenvalue weighted by Gasteiger charge is -2.13. The summed E-state index contributed by atoms with van der Waals surface area (Å²) in [6, 6.07) is 0. The first-order valence-electron chi connectivity index (χ1n) is 4.53. The summed E-state index contributed by atoms with van der Waals surface area (Å²) in [5.74, 6) is 0.852. The van der Waals surface area contributed by atoms with Crippen molar-refractivity contribution in [1.82, 2.24) is 15.0 Å². The molecule has 4 heteroatoms. The molecule has 0 saturated heterocycles. The number of hydrogen-bond acceptors (Lipinski definition) is 3. The van der Waals surface area contributed by atoms with E-state index in [1.54, 1.807) is 17.5 Å². The van der Waals surface area contributed by atoms with E-state index in [-0.39, 0.29) is 5.41 Å². The average molecular weight is 207 g/mol. The van der Waals surface area contributed by atoms with Crippen molar-refractivity contribution in [3.63, 3.8) is 0 Å². The lowest BCUT2D eigenvalue weighted by Crippen LogP contribution is -2.11. The number of imidazole rings is 1. The van der Waals surface area contributed by atoms with Gasteiger partial charge in [0.15, 0.2) is 10.8 Å². The Morgan fingerprint density at radius 1 is 1.36 bits per heavy atom. The predicted octanol–water partition coefficient (Wildman–Crippen LogP) is 2.83. The third-order valence-corrected chi connectivity index (χ3v) is 2.82. The number of thiazole rings is 1. The Kier molecular flexibility index (Phi) is 2.15. The summed E-state index contributed by atoms with van der Waals surface area (Å²) in [4.78, 5) is 11.8. The molecule has 0 aliphatic rings. The molecule has 0 spiro atoms. The maximum atomic E-state index is 4.55. The number of aromatic amines is 1. The molecule has 0 atom stereocenters. The topological polar surface area (TPSA) is 41.6 Å². The van der Waals surface area contributed by atoms with E-state index in [1.807, 2.05) is 6.20 Å². The van der Waals surface area contributed by atoms with E-state index in [4.69, 9.17) is 0 Å². The molecule has 0 fully saturated rings. The number of hydrogen-bond donors (Lipinski definition) is 1. The molecule has 74 valence electrons. The predicted molar refractivity (Wildman–Crippen MR) is 58.4 cm³/mol. The van der Waals surface area contributed by atoms with Crippen LogP contribution in [0, 0.1) is 0 Å². The zero-order valence-electron chi connectivity index (χ0n) is 8.53. The van der Waals surface area contributed by atoms with Crippen molar-refractivity contribution >= 4 is 11.3 Å². The second-order valence-electron chi connectivity index (χ2n) is 4.23. The van der Waals surface area contributed by atoms with Crippen molar-refractivity contribution < 1.29 is 0 Å². The maximum Gasteiger partial charge on any atom is 0.166 e. The number of aromatic nitrogens is 3. The third kappa shape index (κ3) is 1.70. The van der Waals surface area contributed by atoms with E-state index >= 15 is 0 Å². The highest BCUT2D eigenvalue weighted by atomic mass is 32.1. The van der Waals surface area contributed by atoms with Gasteiger partial charge in [0, 0.05) is 23.2 Å². The molecule has 2 heterocycles. The van der Waals surface area contributed by atoms with Gasteiger partial charge in [0.05, 0.1) is 5.69 Å². The van der Waals surface area contributed by atoms with Crippen LogP contribution in [0.25, 0.3) is 10.8 Å². The SMILES string of the molecule is CC(C)(C)c1csc(-c2ncc[nH]2)n1. The standard InChI is InChI=1S/C10H13N3S/c1-10(2,3)7-6-14-9(13-7)8-11-4-5-12-8/h4-6H,1-3H3,(H,11,12). The summed E-state index contributed by atoms with van der Waals surface area (Å²) in [7, 11) is 0. The van der Waals surface area contributed by atoms with Crippen molar-refractivity contribution in [3.05, 3.63) is 23.5 Å². The van der Waals surface area contributed by atoms with Crippen LogP contribution in [0.1, 0.15) is 26.5 Å². The summed E-state index contributed by atoms with van der Waals surface area (Å²) in [6.45, 7) is 6.48. The largest absolute Gasteiger partial charge is 0.343 e. The van der Waals surface area contributed by atoms with Crippen LogP contribution in [0.5, 0.6) is 0 Å². The summed E-state index contributed by atoms with van der Waals surface area (Å²) in [6.07, 6.45) is 3.56. The number of H-pyrrole nitrogens is 1. The Morgan fingerprint density at radius 2 is 2.14 bits per heavy atom. The van der Waals surface area contributed by atoms with Crippen molar-refractivity contribution in [2.24, 2.45) is 0 Å². The molecule has 0 bridgehead atoms. The molecule has 0 aromatic carbocycles. The van der Waals surface area contributed by atoms with Crippen molar-refractivity contribution in [1.29, 1.82) is 0 Å². The summed E-state index contributed by atoms with van der Waals surface area (Å²) < 4.78 is 0. The van der Waals surface area contributed by atoms with Crippen molar-refractivity contribution in [2.75, 3.05) is 0 Å². The first-order chi connectivity index (χ1) is 6.57. The average Bonchev–Trinajstić information content (AvgIpc) is 2.73. The molecule has 2 aromatic rings.